The highest BCUT2D eigenvalue weighted by molar-refractivity contribution is 6.00. The van der Waals surface area contributed by atoms with Crippen LogP contribution in [0.25, 0.3) is 0 Å². The number of carbonyl (C=O) groups is 6. The number of amides is 6. The number of nitrogens with zero attached hydrogens (tertiary/aromatic N) is 1. The van der Waals surface area contributed by atoms with E-state index in [0.717, 1.165) is 24.0 Å². The predicted octanol–water partition coefficient (Wildman–Crippen LogP) is 3.00. The maximum Gasteiger partial charge on any atom is 0.323 e. The van der Waals surface area contributed by atoms with Gasteiger partial charge >= 0.3 is 12.0 Å². The van der Waals surface area contributed by atoms with E-state index in [9.17, 15) is 33.9 Å². The Morgan fingerprint density at radius 3 is 2.16 bits per heavy atom. The van der Waals surface area contributed by atoms with Crippen LogP contribution in [0.3, 0.4) is 0 Å². The summed E-state index contributed by atoms with van der Waals surface area (Å²) < 4.78 is 0. The summed E-state index contributed by atoms with van der Waals surface area (Å²) in [7, 11) is 0. The molecule has 4 rings (SSSR count). The lowest BCUT2D eigenvalue weighted by Gasteiger charge is -2.29. The molecule has 1 unspecified atom stereocenters. The first-order valence-corrected chi connectivity index (χ1v) is 16.1. The lowest BCUT2D eigenvalue weighted by molar-refractivity contribution is -0.141. The Bertz CT molecular complexity index is 1650. The van der Waals surface area contributed by atoms with E-state index < -0.39 is 54.8 Å². The molecule has 49 heavy (non-hydrogen) atoms. The largest absolute Gasteiger partial charge is 0.481 e. The Labute approximate surface area is 284 Å². The number of aliphatic carboxylic acids is 1. The molecule has 6 amide bonds. The Morgan fingerprint density at radius 2 is 1.51 bits per heavy atom. The number of carbonyl (C=O) groups excluding carboxylic acids is 5. The number of aryl methyl sites for hydroxylation is 1. The van der Waals surface area contributed by atoms with Crippen LogP contribution in [0.5, 0.6) is 0 Å². The third-order valence-electron chi connectivity index (χ3n) is 8.18. The molecule has 1 aliphatic heterocycles. The second kappa shape index (κ2) is 17.4. The van der Waals surface area contributed by atoms with Gasteiger partial charge in [0.25, 0.3) is 0 Å². The molecule has 0 saturated carbocycles. The number of carboxylic acids is 1. The molecule has 1 aliphatic rings. The number of para-hydroxylation sites is 1. The van der Waals surface area contributed by atoms with Crippen molar-refractivity contribution in [3.05, 3.63) is 95.6 Å². The first-order valence-electron chi connectivity index (χ1n) is 16.1. The number of hydrogen-bond donors (Lipinski definition) is 6. The Kier molecular flexibility index (Phi) is 12.9. The molecule has 0 radical (unpaired) electrons. The van der Waals surface area contributed by atoms with Crippen LogP contribution in [0, 0.1) is 6.92 Å². The summed E-state index contributed by atoms with van der Waals surface area (Å²) in [4.78, 5) is 77.8. The molecular formula is C36H42N6O7. The van der Waals surface area contributed by atoms with E-state index >= 15 is 0 Å². The quantitative estimate of drug-likeness (QED) is 0.152. The summed E-state index contributed by atoms with van der Waals surface area (Å²) in [6.45, 7) is 3.88. The first kappa shape index (κ1) is 36.1. The van der Waals surface area contributed by atoms with Crippen molar-refractivity contribution in [3.63, 3.8) is 0 Å². The van der Waals surface area contributed by atoms with Crippen LogP contribution in [-0.4, -0.2) is 76.9 Å². The second-order valence-corrected chi connectivity index (χ2v) is 12.0. The van der Waals surface area contributed by atoms with Gasteiger partial charge in [-0.05, 0) is 61.6 Å². The molecule has 13 nitrogen and oxygen atoms in total. The zero-order chi connectivity index (χ0) is 35.3. The van der Waals surface area contributed by atoms with Crippen LogP contribution in [0.4, 0.5) is 16.2 Å². The number of rotatable bonds is 14. The minimum atomic E-state index is -1.48. The Morgan fingerprint density at radius 1 is 0.816 bits per heavy atom. The van der Waals surface area contributed by atoms with Gasteiger partial charge in [0.05, 0.1) is 19.4 Å². The lowest BCUT2D eigenvalue weighted by Crippen LogP contribution is -2.56. The third-order valence-corrected chi connectivity index (χ3v) is 8.18. The van der Waals surface area contributed by atoms with Crippen molar-refractivity contribution in [1.82, 2.24) is 20.9 Å². The summed E-state index contributed by atoms with van der Waals surface area (Å²) >= 11 is 0. The second-order valence-electron chi connectivity index (χ2n) is 12.0. The zero-order valence-electron chi connectivity index (χ0n) is 27.5. The van der Waals surface area contributed by atoms with Gasteiger partial charge in [-0.1, -0.05) is 60.7 Å². The number of nitrogens with one attached hydrogen (secondary N) is 5. The number of anilines is 2. The average molecular weight is 671 g/mol. The summed E-state index contributed by atoms with van der Waals surface area (Å²) in [6.07, 6.45) is 1.09. The van der Waals surface area contributed by atoms with Gasteiger partial charge in [-0.3, -0.25) is 24.0 Å². The molecule has 258 valence electrons. The summed E-state index contributed by atoms with van der Waals surface area (Å²) in [5.41, 5.74) is 3.54. The minimum Gasteiger partial charge on any atom is -0.481 e. The molecule has 3 aromatic rings. The van der Waals surface area contributed by atoms with Crippen LogP contribution in [0.15, 0.2) is 78.9 Å². The molecule has 6 N–H and O–H groups in total. The topological polar surface area (TPSA) is 186 Å². The zero-order valence-corrected chi connectivity index (χ0v) is 27.5. The van der Waals surface area contributed by atoms with E-state index in [1.165, 1.54) is 0 Å². The summed E-state index contributed by atoms with van der Waals surface area (Å²) in [5, 5.41) is 22.5. The standard InChI is InChI=1S/C36H42N6O7/c1-23-9-6-7-13-28(23)41-36(49)38-27-16-14-26(15-17-27)20-31(43)37-22-32(44)39-29(21-33(45)46)34(47)40-30(19-25-11-4-3-5-12-25)35(48)42-18-8-10-24(42)2/h3-7,9,11-17,24,29-30H,8,10,18-22H2,1-2H3,(H,37,43)(H,39,44)(H,40,47)(H,45,46)(H2,38,41,49)/t24-,29-,30?/m0/s1. The highest BCUT2D eigenvalue weighted by Crippen LogP contribution is 2.19. The molecular weight excluding hydrogens is 628 g/mol. The van der Waals surface area contributed by atoms with Gasteiger partial charge in [-0.2, -0.15) is 0 Å². The SMILES string of the molecule is Cc1ccccc1NC(=O)Nc1ccc(CC(=O)NCC(=O)N[C@@H](CC(=O)O)C(=O)NC(Cc2ccccc2)C(=O)N2CCC[C@@H]2C)cc1. The van der Waals surface area contributed by atoms with Crippen molar-refractivity contribution in [1.29, 1.82) is 0 Å². The summed E-state index contributed by atoms with van der Waals surface area (Å²) in [5.74, 6) is -3.67. The van der Waals surface area contributed by atoms with Crippen LogP contribution >= 0.6 is 0 Å². The maximum atomic E-state index is 13.5. The molecule has 1 fully saturated rings. The van der Waals surface area contributed by atoms with Crippen LogP contribution in [-0.2, 0) is 36.8 Å². The van der Waals surface area contributed by atoms with Crippen molar-refractivity contribution < 1.29 is 33.9 Å². The van der Waals surface area contributed by atoms with E-state index in [0.29, 0.717) is 23.5 Å². The van der Waals surface area contributed by atoms with Crippen LogP contribution in [0.2, 0.25) is 0 Å². The van der Waals surface area contributed by atoms with E-state index in [2.05, 4.69) is 26.6 Å². The average Bonchev–Trinajstić information content (AvgIpc) is 3.50. The molecule has 1 saturated heterocycles. The van der Waals surface area contributed by atoms with Crippen molar-refractivity contribution in [2.24, 2.45) is 0 Å². The lowest BCUT2D eigenvalue weighted by atomic mass is 10.0. The Balaban J connectivity index is 1.29. The molecule has 13 heteroatoms. The van der Waals surface area contributed by atoms with Crippen LogP contribution in [0.1, 0.15) is 42.9 Å². The molecule has 0 aromatic heterocycles. The van der Waals surface area contributed by atoms with Gasteiger partial charge in [0.2, 0.25) is 23.6 Å². The van der Waals surface area contributed by atoms with Crippen LogP contribution < -0.4 is 26.6 Å². The van der Waals surface area contributed by atoms with Gasteiger partial charge in [0.1, 0.15) is 12.1 Å². The van der Waals surface area contributed by atoms with E-state index in [1.807, 2.05) is 62.4 Å². The van der Waals surface area contributed by atoms with Gasteiger partial charge in [-0.25, -0.2) is 4.79 Å². The van der Waals surface area contributed by atoms with Crippen molar-refractivity contribution in [2.45, 2.75) is 64.1 Å². The molecule has 0 bridgehead atoms. The maximum absolute atomic E-state index is 13.5. The van der Waals surface area contributed by atoms with E-state index in [-0.39, 0.29) is 24.8 Å². The van der Waals surface area contributed by atoms with Gasteiger partial charge in [0.15, 0.2) is 0 Å². The molecule has 0 spiro atoms. The molecule has 0 aliphatic carbocycles. The number of carboxylic acid groups (broad SMARTS) is 1. The van der Waals surface area contributed by atoms with Crippen molar-refractivity contribution in [2.75, 3.05) is 23.7 Å². The monoisotopic (exact) mass is 670 g/mol. The number of benzene rings is 3. The normalized spacial score (nSPS) is 15.0. The molecule has 3 atom stereocenters. The number of likely N-dealkylation sites (tertiary alicyclic amines) is 1. The fraction of sp³-hybridized carbons (Fsp3) is 0.333. The van der Waals surface area contributed by atoms with Crippen molar-refractivity contribution >= 4 is 47.0 Å². The number of hydrogen-bond acceptors (Lipinski definition) is 6. The van der Waals surface area contributed by atoms with Crippen molar-refractivity contribution in [3.8, 4) is 0 Å². The molecule has 1 heterocycles. The number of urea groups is 1. The van der Waals surface area contributed by atoms with Gasteiger partial charge in [0, 0.05) is 30.4 Å². The fourth-order valence-corrected chi connectivity index (χ4v) is 5.54. The van der Waals surface area contributed by atoms with E-state index in [4.69, 9.17) is 0 Å². The van der Waals surface area contributed by atoms with E-state index in [1.54, 1.807) is 35.2 Å². The smallest absolute Gasteiger partial charge is 0.323 e. The highest BCUT2D eigenvalue weighted by atomic mass is 16.4. The third kappa shape index (κ3) is 11.2. The van der Waals surface area contributed by atoms with Gasteiger partial charge < -0.3 is 36.6 Å². The highest BCUT2D eigenvalue weighted by Gasteiger charge is 2.34. The summed E-state index contributed by atoms with van der Waals surface area (Å²) in [6, 6.07) is 20.2. The minimum absolute atomic E-state index is 0.00576. The fourth-order valence-electron chi connectivity index (χ4n) is 5.54. The van der Waals surface area contributed by atoms with Gasteiger partial charge in [-0.15, -0.1) is 0 Å². The first-order chi connectivity index (χ1) is 23.5. The molecule has 3 aromatic carbocycles. The predicted molar refractivity (Wildman–Crippen MR) is 184 cm³/mol. The Hall–Kier alpha value is -5.72.